The maximum absolute atomic E-state index is 11.6. The molecule has 2 unspecified atom stereocenters. The summed E-state index contributed by atoms with van der Waals surface area (Å²) in [4.78, 5) is 14.0. The third kappa shape index (κ3) is 2.77. The van der Waals surface area contributed by atoms with E-state index < -0.39 is 5.60 Å². The van der Waals surface area contributed by atoms with Crippen molar-refractivity contribution in [3.63, 3.8) is 0 Å². The minimum atomic E-state index is -0.408. The summed E-state index contributed by atoms with van der Waals surface area (Å²) in [7, 11) is 0. The Kier molecular flexibility index (Phi) is 3.84. The van der Waals surface area contributed by atoms with Crippen LogP contribution in [0.15, 0.2) is 0 Å². The van der Waals surface area contributed by atoms with Crippen molar-refractivity contribution in [2.24, 2.45) is 11.3 Å². The molecule has 3 heteroatoms. The van der Waals surface area contributed by atoms with E-state index in [0.29, 0.717) is 5.92 Å². The smallest absolute Gasteiger partial charge is 0.136 e. The lowest BCUT2D eigenvalue weighted by atomic mass is 9.71. The molecule has 1 heterocycles. The van der Waals surface area contributed by atoms with Crippen molar-refractivity contribution in [3.05, 3.63) is 0 Å². The zero-order valence-electron chi connectivity index (χ0n) is 12.0. The molecule has 0 aromatic carbocycles. The highest BCUT2D eigenvalue weighted by Crippen LogP contribution is 2.40. The van der Waals surface area contributed by atoms with Crippen LogP contribution in [0.3, 0.4) is 0 Å². The number of hydrogen-bond acceptors (Lipinski definition) is 3. The molecule has 1 N–H and O–H groups in total. The number of carbonyl (C=O) groups excluding carboxylic acids is 1. The highest BCUT2D eigenvalue weighted by molar-refractivity contribution is 5.81. The van der Waals surface area contributed by atoms with Crippen LogP contribution in [0.4, 0.5) is 0 Å². The van der Waals surface area contributed by atoms with Crippen molar-refractivity contribution >= 4 is 5.78 Å². The summed E-state index contributed by atoms with van der Waals surface area (Å²) in [5, 5.41) is 10.6. The zero-order chi connectivity index (χ0) is 13.4. The number of nitrogens with zero attached hydrogens (tertiary/aromatic N) is 1. The zero-order valence-corrected chi connectivity index (χ0v) is 12.0. The highest BCUT2D eigenvalue weighted by Gasteiger charge is 2.43. The summed E-state index contributed by atoms with van der Waals surface area (Å²) in [5.41, 5.74) is -0.667. The third-order valence-electron chi connectivity index (χ3n) is 5.08. The van der Waals surface area contributed by atoms with Crippen molar-refractivity contribution in [1.29, 1.82) is 0 Å². The first kappa shape index (κ1) is 14.0. The molecular formula is C15H27NO2. The maximum atomic E-state index is 11.6. The van der Waals surface area contributed by atoms with E-state index >= 15 is 0 Å². The summed E-state index contributed by atoms with van der Waals surface area (Å²) in [6.45, 7) is 8.46. The van der Waals surface area contributed by atoms with E-state index in [9.17, 15) is 9.90 Å². The predicted molar refractivity (Wildman–Crippen MR) is 72.4 cm³/mol. The fourth-order valence-corrected chi connectivity index (χ4v) is 3.45. The quantitative estimate of drug-likeness (QED) is 0.838. The lowest BCUT2D eigenvalue weighted by Gasteiger charge is -2.48. The minimum Gasteiger partial charge on any atom is -0.390 e. The Hall–Kier alpha value is -0.410. The monoisotopic (exact) mass is 253 g/mol. The van der Waals surface area contributed by atoms with Crippen LogP contribution in [0.5, 0.6) is 0 Å². The number of piperidine rings is 1. The van der Waals surface area contributed by atoms with Gasteiger partial charge in [-0.3, -0.25) is 4.79 Å². The van der Waals surface area contributed by atoms with Crippen molar-refractivity contribution < 1.29 is 9.90 Å². The summed E-state index contributed by atoms with van der Waals surface area (Å²) in [6, 6.07) is 0. The summed E-state index contributed by atoms with van der Waals surface area (Å²) < 4.78 is 0. The molecule has 0 radical (unpaired) electrons. The van der Waals surface area contributed by atoms with E-state index in [-0.39, 0.29) is 11.2 Å². The van der Waals surface area contributed by atoms with Gasteiger partial charge >= 0.3 is 0 Å². The Balaban J connectivity index is 1.97. The molecule has 18 heavy (non-hydrogen) atoms. The average molecular weight is 253 g/mol. The topological polar surface area (TPSA) is 40.5 Å². The second-order valence-corrected chi connectivity index (χ2v) is 6.97. The summed E-state index contributed by atoms with van der Waals surface area (Å²) in [6.07, 6.45) is 5.42. The number of carbonyl (C=O) groups is 1. The SMILES string of the molecule is CC(=O)C(C)(C)CN1CCC2(O)CCCCC2C1. The highest BCUT2D eigenvalue weighted by atomic mass is 16.3. The van der Waals surface area contributed by atoms with Crippen LogP contribution in [0, 0.1) is 11.3 Å². The molecule has 0 amide bonds. The molecule has 1 saturated carbocycles. The normalized spacial score (nSPS) is 34.1. The van der Waals surface area contributed by atoms with Crippen LogP contribution in [0.2, 0.25) is 0 Å². The van der Waals surface area contributed by atoms with Gasteiger partial charge in [-0.1, -0.05) is 26.7 Å². The number of hydrogen-bond donors (Lipinski definition) is 1. The van der Waals surface area contributed by atoms with Gasteiger partial charge in [-0.2, -0.15) is 0 Å². The van der Waals surface area contributed by atoms with Gasteiger partial charge in [0.05, 0.1) is 5.60 Å². The van der Waals surface area contributed by atoms with Gasteiger partial charge in [-0.05, 0) is 26.2 Å². The van der Waals surface area contributed by atoms with Crippen LogP contribution in [-0.2, 0) is 4.79 Å². The standard InChI is InChI=1S/C15H27NO2/c1-12(17)14(2,3)11-16-9-8-15(18)7-5-4-6-13(15)10-16/h13,18H,4-11H2,1-3H3. The number of likely N-dealkylation sites (tertiary alicyclic amines) is 1. The van der Waals surface area contributed by atoms with Gasteiger partial charge in [0.15, 0.2) is 0 Å². The molecule has 1 aliphatic heterocycles. The van der Waals surface area contributed by atoms with Crippen molar-refractivity contribution in [3.8, 4) is 0 Å². The average Bonchev–Trinajstić information content (AvgIpc) is 2.29. The Morgan fingerprint density at radius 1 is 1.39 bits per heavy atom. The molecule has 1 aliphatic carbocycles. The van der Waals surface area contributed by atoms with E-state index in [1.54, 1.807) is 6.92 Å². The van der Waals surface area contributed by atoms with E-state index in [2.05, 4.69) is 4.90 Å². The van der Waals surface area contributed by atoms with E-state index in [1.807, 2.05) is 13.8 Å². The lowest BCUT2D eigenvalue weighted by molar-refractivity contribution is -0.128. The summed E-state index contributed by atoms with van der Waals surface area (Å²) >= 11 is 0. The Bertz CT molecular complexity index is 326. The lowest BCUT2D eigenvalue weighted by Crippen LogP contribution is -2.55. The molecule has 2 rings (SSSR count). The number of fused-ring (bicyclic) bond motifs is 1. The van der Waals surface area contributed by atoms with Crippen LogP contribution < -0.4 is 0 Å². The molecule has 0 aromatic rings. The Labute approximate surface area is 111 Å². The maximum Gasteiger partial charge on any atom is 0.136 e. The molecule has 3 nitrogen and oxygen atoms in total. The van der Waals surface area contributed by atoms with Gasteiger partial charge in [0.1, 0.15) is 5.78 Å². The van der Waals surface area contributed by atoms with Gasteiger partial charge in [-0.25, -0.2) is 0 Å². The van der Waals surface area contributed by atoms with Crippen molar-refractivity contribution in [2.45, 2.75) is 58.5 Å². The first-order valence-electron chi connectivity index (χ1n) is 7.29. The fourth-order valence-electron chi connectivity index (χ4n) is 3.45. The Morgan fingerprint density at radius 3 is 2.78 bits per heavy atom. The second-order valence-electron chi connectivity index (χ2n) is 6.97. The van der Waals surface area contributed by atoms with Crippen LogP contribution >= 0.6 is 0 Å². The molecule has 0 bridgehead atoms. The van der Waals surface area contributed by atoms with Gasteiger partial charge in [0, 0.05) is 31.0 Å². The molecular weight excluding hydrogens is 226 g/mol. The largest absolute Gasteiger partial charge is 0.390 e. The van der Waals surface area contributed by atoms with Crippen molar-refractivity contribution in [2.75, 3.05) is 19.6 Å². The second kappa shape index (κ2) is 4.93. The number of Topliss-reactive ketones (excluding diaryl/α,β-unsaturated/α-hetero) is 1. The molecule has 104 valence electrons. The van der Waals surface area contributed by atoms with Gasteiger partial charge in [0.2, 0.25) is 0 Å². The first-order valence-corrected chi connectivity index (χ1v) is 7.29. The number of ketones is 1. The minimum absolute atomic E-state index is 0.256. The van der Waals surface area contributed by atoms with Gasteiger partial charge < -0.3 is 10.0 Å². The van der Waals surface area contributed by atoms with Gasteiger partial charge in [-0.15, -0.1) is 0 Å². The summed E-state index contributed by atoms with van der Waals surface area (Å²) in [5.74, 6) is 0.676. The van der Waals surface area contributed by atoms with E-state index in [0.717, 1.165) is 38.9 Å². The molecule has 1 saturated heterocycles. The first-order chi connectivity index (χ1) is 8.33. The van der Waals surface area contributed by atoms with Gasteiger partial charge in [0.25, 0.3) is 0 Å². The molecule has 0 aromatic heterocycles. The van der Waals surface area contributed by atoms with Crippen LogP contribution in [0.25, 0.3) is 0 Å². The Morgan fingerprint density at radius 2 is 2.11 bits per heavy atom. The number of aliphatic hydroxyl groups is 1. The van der Waals surface area contributed by atoms with E-state index in [4.69, 9.17) is 0 Å². The fraction of sp³-hybridized carbons (Fsp3) is 0.933. The third-order valence-corrected chi connectivity index (χ3v) is 5.08. The molecule has 2 atom stereocenters. The predicted octanol–water partition coefficient (Wildman–Crippen LogP) is 2.23. The van der Waals surface area contributed by atoms with Crippen LogP contribution in [-0.4, -0.2) is 41.0 Å². The molecule has 0 spiro atoms. The number of rotatable bonds is 3. The van der Waals surface area contributed by atoms with E-state index in [1.165, 1.54) is 12.8 Å². The van der Waals surface area contributed by atoms with Crippen molar-refractivity contribution in [1.82, 2.24) is 4.90 Å². The molecule has 2 fully saturated rings. The molecule has 2 aliphatic rings. The van der Waals surface area contributed by atoms with Crippen LogP contribution in [0.1, 0.15) is 52.9 Å².